The monoisotopic (exact) mass is 233 g/mol. The number of nitrogens with two attached hydrogens (primary N) is 1. The van der Waals surface area contributed by atoms with Crippen molar-refractivity contribution in [3.05, 3.63) is 29.8 Å². The lowest BCUT2D eigenvalue weighted by molar-refractivity contribution is 0.100. The molecule has 0 saturated carbocycles. The maximum Gasteiger partial charge on any atom is 0.250 e. The molecular weight excluding hydrogens is 214 g/mol. The van der Waals surface area contributed by atoms with E-state index in [-0.39, 0.29) is 5.91 Å². The lowest BCUT2D eigenvalue weighted by Gasteiger charge is -2.18. The Morgan fingerprint density at radius 2 is 2.12 bits per heavy atom. The standard InChI is InChI=1S/C13H19N3O/c14-13(17)11-5-1-2-6-12(11)16-10-4-3-8-15-9-7-10/h1-2,5-6,10,15-16H,3-4,7-9H2,(H2,14,17). The Hall–Kier alpha value is -1.55. The second kappa shape index (κ2) is 5.68. The van der Waals surface area contributed by atoms with E-state index in [9.17, 15) is 4.79 Å². The molecule has 1 amide bonds. The Labute approximate surface area is 102 Å². The van der Waals surface area contributed by atoms with Crippen LogP contribution in [0.3, 0.4) is 0 Å². The quantitative estimate of drug-likeness (QED) is 0.738. The number of primary amides is 1. The summed E-state index contributed by atoms with van der Waals surface area (Å²) in [6.45, 7) is 2.10. The first-order valence-corrected chi connectivity index (χ1v) is 6.13. The molecule has 0 aliphatic carbocycles. The third-order valence-corrected chi connectivity index (χ3v) is 3.13. The number of carbonyl (C=O) groups is 1. The van der Waals surface area contributed by atoms with Gasteiger partial charge in [0.25, 0.3) is 5.91 Å². The highest BCUT2D eigenvalue weighted by atomic mass is 16.1. The summed E-state index contributed by atoms with van der Waals surface area (Å²) in [7, 11) is 0. The van der Waals surface area contributed by atoms with E-state index in [0.717, 1.165) is 38.0 Å². The van der Waals surface area contributed by atoms with Crippen LogP contribution in [0.4, 0.5) is 5.69 Å². The van der Waals surface area contributed by atoms with E-state index in [2.05, 4.69) is 10.6 Å². The average Bonchev–Trinajstić information content (AvgIpc) is 2.58. The lowest BCUT2D eigenvalue weighted by atomic mass is 10.1. The Balaban J connectivity index is 2.09. The smallest absolute Gasteiger partial charge is 0.250 e. The molecule has 0 aromatic heterocycles. The highest BCUT2D eigenvalue weighted by Gasteiger charge is 2.14. The molecular formula is C13H19N3O. The molecule has 1 aromatic carbocycles. The number of amides is 1. The van der Waals surface area contributed by atoms with E-state index in [1.54, 1.807) is 6.07 Å². The lowest BCUT2D eigenvalue weighted by Crippen LogP contribution is -2.23. The Kier molecular flexibility index (Phi) is 3.98. The van der Waals surface area contributed by atoms with Crippen LogP contribution >= 0.6 is 0 Å². The Morgan fingerprint density at radius 1 is 1.29 bits per heavy atom. The molecule has 0 radical (unpaired) electrons. The topological polar surface area (TPSA) is 67.2 Å². The SMILES string of the molecule is NC(=O)c1ccccc1NC1CCCNCC1. The van der Waals surface area contributed by atoms with Crippen LogP contribution in [0.1, 0.15) is 29.6 Å². The Morgan fingerprint density at radius 3 is 2.94 bits per heavy atom. The van der Waals surface area contributed by atoms with Gasteiger partial charge in [-0.1, -0.05) is 12.1 Å². The Bertz CT molecular complexity index is 384. The third-order valence-electron chi connectivity index (χ3n) is 3.13. The molecule has 1 fully saturated rings. The van der Waals surface area contributed by atoms with E-state index in [4.69, 9.17) is 5.73 Å². The van der Waals surface area contributed by atoms with Gasteiger partial charge in [0, 0.05) is 11.7 Å². The van der Waals surface area contributed by atoms with Crippen molar-refractivity contribution in [3.8, 4) is 0 Å². The van der Waals surface area contributed by atoms with E-state index in [1.165, 1.54) is 0 Å². The van der Waals surface area contributed by atoms with Crippen LogP contribution in [-0.4, -0.2) is 25.0 Å². The molecule has 0 spiro atoms. The number of rotatable bonds is 3. The second-order valence-corrected chi connectivity index (χ2v) is 4.43. The predicted octanol–water partition coefficient (Wildman–Crippen LogP) is 1.34. The van der Waals surface area contributed by atoms with Crippen molar-refractivity contribution < 1.29 is 4.79 Å². The number of carbonyl (C=O) groups excluding carboxylic acids is 1. The largest absolute Gasteiger partial charge is 0.382 e. The normalized spacial score (nSPS) is 20.6. The van der Waals surface area contributed by atoms with Crippen LogP contribution in [0.15, 0.2) is 24.3 Å². The van der Waals surface area contributed by atoms with Gasteiger partial charge in [-0.2, -0.15) is 0 Å². The zero-order valence-electron chi connectivity index (χ0n) is 9.91. The van der Waals surface area contributed by atoms with Crippen LogP contribution < -0.4 is 16.4 Å². The molecule has 2 rings (SSSR count). The molecule has 1 unspecified atom stereocenters. The van der Waals surface area contributed by atoms with Gasteiger partial charge in [-0.25, -0.2) is 0 Å². The fourth-order valence-corrected chi connectivity index (χ4v) is 2.21. The molecule has 0 bridgehead atoms. The molecule has 1 saturated heterocycles. The van der Waals surface area contributed by atoms with Crippen LogP contribution in [0.2, 0.25) is 0 Å². The minimum absolute atomic E-state index is 0.375. The molecule has 1 aliphatic heterocycles. The third kappa shape index (κ3) is 3.20. The van der Waals surface area contributed by atoms with Crippen LogP contribution in [0.25, 0.3) is 0 Å². The predicted molar refractivity (Wildman–Crippen MR) is 69.1 cm³/mol. The number of para-hydroxylation sites is 1. The minimum Gasteiger partial charge on any atom is -0.382 e. The van der Waals surface area contributed by atoms with Gasteiger partial charge in [-0.3, -0.25) is 4.79 Å². The van der Waals surface area contributed by atoms with Crippen LogP contribution in [0.5, 0.6) is 0 Å². The summed E-state index contributed by atoms with van der Waals surface area (Å²) >= 11 is 0. The number of nitrogens with one attached hydrogen (secondary N) is 2. The van der Waals surface area contributed by atoms with Crippen molar-refractivity contribution in [1.82, 2.24) is 5.32 Å². The highest BCUT2D eigenvalue weighted by molar-refractivity contribution is 5.98. The summed E-state index contributed by atoms with van der Waals surface area (Å²) in [6, 6.07) is 7.85. The maximum absolute atomic E-state index is 11.3. The highest BCUT2D eigenvalue weighted by Crippen LogP contribution is 2.18. The molecule has 92 valence electrons. The van der Waals surface area contributed by atoms with Gasteiger partial charge in [0.15, 0.2) is 0 Å². The van der Waals surface area contributed by atoms with Gasteiger partial charge in [0.2, 0.25) is 0 Å². The van der Waals surface area contributed by atoms with Crippen LogP contribution in [0, 0.1) is 0 Å². The molecule has 1 atom stereocenters. The molecule has 4 heteroatoms. The number of anilines is 1. The van der Waals surface area contributed by atoms with Gasteiger partial charge in [-0.15, -0.1) is 0 Å². The zero-order valence-corrected chi connectivity index (χ0v) is 9.91. The van der Waals surface area contributed by atoms with E-state index in [0.29, 0.717) is 11.6 Å². The summed E-state index contributed by atoms with van der Waals surface area (Å²) in [5, 5.41) is 6.80. The first kappa shape index (κ1) is 11.9. The molecule has 17 heavy (non-hydrogen) atoms. The van der Waals surface area contributed by atoms with E-state index < -0.39 is 0 Å². The molecule has 4 N–H and O–H groups in total. The fourth-order valence-electron chi connectivity index (χ4n) is 2.21. The van der Waals surface area contributed by atoms with Crippen molar-refractivity contribution in [3.63, 3.8) is 0 Å². The molecule has 4 nitrogen and oxygen atoms in total. The second-order valence-electron chi connectivity index (χ2n) is 4.43. The van der Waals surface area contributed by atoms with Gasteiger partial charge in [0.05, 0.1) is 5.56 Å². The number of hydrogen-bond acceptors (Lipinski definition) is 3. The summed E-state index contributed by atoms with van der Waals surface area (Å²) < 4.78 is 0. The van der Waals surface area contributed by atoms with Gasteiger partial charge >= 0.3 is 0 Å². The summed E-state index contributed by atoms with van der Waals surface area (Å²) in [5.74, 6) is -0.375. The molecule has 1 heterocycles. The average molecular weight is 233 g/mol. The van der Waals surface area contributed by atoms with Crippen LogP contribution in [-0.2, 0) is 0 Å². The van der Waals surface area contributed by atoms with Crippen molar-refractivity contribution in [2.75, 3.05) is 18.4 Å². The van der Waals surface area contributed by atoms with Crippen molar-refractivity contribution in [2.24, 2.45) is 5.73 Å². The first-order chi connectivity index (χ1) is 8.27. The fraction of sp³-hybridized carbons (Fsp3) is 0.462. The first-order valence-electron chi connectivity index (χ1n) is 6.13. The van der Waals surface area contributed by atoms with Gasteiger partial charge in [0.1, 0.15) is 0 Å². The number of benzene rings is 1. The summed E-state index contributed by atoms with van der Waals surface area (Å²) in [4.78, 5) is 11.3. The zero-order chi connectivity index (χ0) is 12.1. The molecule has 1 aliphatic rings. The van der Waals surface area contributed by atoms with Gasteiger partial charge in [-0.05, 0) is 44.5 Å². The molecule has 1 aromatic rings. The van der Waals surface area contributed by atoms with E-state index >= 15 is 0 Å². The minimum atomic E-state index is -0.375. The van der Waals surface area contributed by atoms with E-state index in [1.807, 2.05) is 18.2 Å². The van der Waals surface area contributed by atoms with Crippen molar-refractivity contribution >= 4 is 11.6 Å². The van der Waals surface area contributed by atoms with Gasteiger partial charge < -0.3 is 16.4 Å². The summed E-state index contributed by atoms with van der Waals surface area (Å²) in [6.07, 6.45) is 3.36. The van der Waals surface area contributed by atoms with Crippen molar-refractivity contribution in [1.29, 1.82) is 0 Å². The summed E-state index contributed by atoms with van der Waals surface area (Å²) in [5.41, 5.74) is 6.79. The maximum atomic E-state index is 11.3. The number of hydrogen-bond donors (Lipinski definition) is 3. The van der Waals surface area contributed by atoms with Crippen molar-refractivity contribution in [2.45, 2.75) is 25.3 Å².